The second-order valence-electron chi connectivity index (χ2n) is 2.65. The molecule has 0 aromatic heterocycles. The molecular weight excluding hydrogens is 132 g/mol. The van der Waals surface area contributed by atoms with Crippen LogP contribution in [0.3, 0.4) is 0 Å². The van der Waals surface area contributed by atoms with E-state index in [9.17, 15) is 4.79 Å². The minimum atomic E-state index is -1.23. The lowest BCUT2D eigenvalue weighted by atomic mass is 10.0. The molecule has 1 amide bonds. The molecule has 4 heteroatoms. The van der Waals surface area contributed by atoms with Crippen molar-refractivity contribution in [2.45, 2.75) is 32.7 Å². The van der Waals surface area contributed by atoms with Crippen LogP contribution in [0.4, 0.5) is 4.79 Å². The highest BCUT2D eigenvalue weighted by Crippen LogP contribution is 2.13. The third-order valence-corrected chi connectivity index (χ3v) is 1.27. The predicted octanol–water partition coefficient (Wildman–Crippen LogP) is 2.31. The van der Waals surface area contributed by atoms with Gasteiger partial charge in [-0.1, -0.05) is 12.0 Å². The molecule has 0 fully saturated rings. The number of carbonyl (C=O) groups is 1. The summed E-state index contributed by atoms with van der Waals surface area (Å²) in [7, 11) is 0. The molecule has 0 aromatic rings. The van der Waals surface area contributed by atoms with E-state index in [0.29, 0.717) is 0 Å². The SMILES string of the molecule is CCC(C)(C)/N=N/C(=O)O. The fraction of sp³-hybridized carbons (Fsp3) is 0.833. The van der Waals surface area contributed by atoms with Crippen LogP contribution in [0.2, 0.25) is 0 Å². The lowest BCUT2D eigenvalue weighted by Crippen LogP contribution is -2.13. The molecule has 0 aromatic carbocycles. The average Bonchev–Trinajstić information content (AvgIpc) is 1.85. The Morgan fingerprint density at radius 3 is 2.40 bits per heavy atom. The van der Waals surface area contributed by atoms with Gasteiger partial charge >= 0.3 is 6.09 Å². The van der Waals surface area contributed by atoms with Crippen LogP contribution < -0.4 is 0 Å². The van der Waals surface area contributed by atoms with Crippen molar-refractivity contribution in [3.05, 3.63) is 0 Å². The van der Waals surface area contributed by atoms with E-state index in [2.05, 4.69) is 10.2 Å². The molecule has 0 saturated carbocycles. The van der Waals surface area contributed by atoms with Crippen molar-refractivity contribution >= 4 is 6.09 Å². The highest BCUT2D eigenvalue weighted by atomic mass is 16.4. The molecule has 0 bridgehead atoms. The van der Waals surface area contributed by atoms with Crippen LogP contribution in [0.1, 0.15) is 27.2 Å². The van der Waals surface area contributed by atoms with Gasteiger partial charge in [0.05, 0.1) is 5.54 Å². The number of nitrogens with zero attached hydrogens (tertiary/aromatic N) is 2. The van der Waals surface area contributed by atoms with E-state index in [4.69, 9.17) is 5.11 Å². The maximum atomic E-state index is 9.90. The number of carboxylic acid groups (broad SMARTS) is 1. The first-order chi connectivity index (χ1) is 4.48. The minimum Gasteiger partial charge on any atom is -0.462 e. The summed E-state index contributed by atoms with van der Waals surface area (Å²) in [6, 6.07) is 0. The summed E-state index contributed by atoms with van der Waals surface area (Å²) in [6.45, 7) is 5.60. The molecule has 0 aliphatic heterocycles. The summed E-state index contributed by atoms with van der Waals surface area (Å²) in [4.78, 5) is 9.90. The van der Waals surface area contributed by atoms with Gasteiger partial charge in [0, 0.05) is 0 Å². The Kier molecular flexibility index (Phi) is 2.99. The first-order valence-corrected chi connectivity index (χ1v) is 3.14. The number of hydrogen-bond acceptors (Lipinski definition) is 2. The number of rotatable bonds is 2. The summed E-state index contributed by atoms with van der Waals surface area (Å²) in [5, 5.41) is 14.7. The zero-order valence-electron chi connectivity index (χ0n) is 6.46. The van der Waals surface area contributed by atoms with Gasteiger partial charge in [-0.3, -0.25) is 0 Å². The van der Waals surface area contributed by atoms with Crippen LogP contribution in [0, 0.1) is 0 Å². The van der Waals surface area contributed by atoms with Crippen molar-refractivity contribution in [1.82, 2.24) is 0 Å². The lowest BCUT2D eigenvalue weighted by Gasteiger charge is -2.12. The average molecular weight is 144 g/mol. The van der Waals surface area contributed by atoms with Crippen molar-refractivity contribution in [2.24, 2.45) is 10.2 Å². The second kappa shape index (κ2) is 3.29. The highest BCUT2D eigenvalue weighted by Gasteiger charge is 2.12. The van der Waals surface area contributed by atoms with Crippen molar-refractivity contribution < 1.29 is 9.90 Å². The van der Waals surface area contributed by atoms with Crippen molar-refractivity contribution in [1.29, 1.82) is 0 Å². The van der Waals surface area contributed by atoms with Crippen LogP contribution in [-0.2, 0) is 0 Å². The maximum Gasteiger partial charge on any atom is 0.449 e. The number of hydrogen-bond donors (Lipinski definition) is 1. The van der Waals surface area contributed by atoms with Crippen molar-refractivity contribution in [3.63, 3.8) is 0 Å². The van der Waals surface area contributed by atoms with Crippen LogP contribution >= 0.6 is 0 Å². The molecule has 0 radical (unpaired) electrons. The third kappa shape index (κ3) is 4.00. The monoisotopic (exact) mass is 144 g/mol. The third-order valence-electron chi connectivity index (χ3n) is 1.27. The Bertz CT molecular complexity index is 152. The molecule has 0 spiro atoms. The molecule has 0 atom stereocenters. The highest BCUT2D eigenvalue weighted by molar-refractivity contribution is 5.64. The Morgan fingerprint density at radius 1 is 1.60 bits per heavy atom. The van der Waals surface area contributed by atoms with E-state index in [-0.39, 0.29) is 5.54 Å². The summed E-state index contributed by atoms with van der Waals surface area (Å²) >= 11 is 0. The first kappa shape index (κ1) is 9.07. The standard InChI is InChI=1S/C6H12N2O2/c1-4-6(2,3)8-7-5(9)10/h4H2,1-3H3,(H,9,10)/b8-7+. The maximum absolute atomic E-state index is 9.90. The van der Waals surface area contributed by atoms with E-state index < -0.39 is 6.09 Å². The Balaban J connectivity index is 3.99. The number of amides is 1. The Morgan fingerprint density at radius 2 is 2.10 bits per heavy atom. The molecular formula is C6H12N2O2. The summed E-state index contributed by atoms with van der Waals surface area (Å²) in [5.41, 5.74) is -0.349. The molecule has 0 heterocycles. The largest absolute Gasteiger partial charge is 0.462 e. The first-order valence-electron chi connectivity index (χ1n) is 3.14. The Labute approximate surface area is 60.0 Å². The molecule has 4 nitrogen and oxygen atoms in total. The smallest absolute Gasteiger partial charge is 0.449 e. The molecule has 1 N–H and O–H groups in total. The predicted molar refractivity (Wildman–Crippen MR) is 37.3 cm³/mol. The van der Waals surface area contributed by atoms with Gasteiger partial charge in [0.25, 0.3) is 0 Å². The van der Waals surface area contributed by atoms with E-state index in [0.717, 1.165) is 6.42 Å². The lowest BCUT2D eigenvalue weighted by molar-refractivity contribution is 0.202. The Hall–Kier alpha value is -0.930. The summed E-state index contributed by atoms with van der Waals surface area (Å²) < 4.78 is 0. The summed E-state index contributed by atoms with van der Waals surface area (Å²) in [6.07, 6.45) is -0.453. The van der Waals surface area contributed by atoms with Crippen LogP contribution in [0.15, 0.2) is 10.2 Å². The number of azo groups is 1. The van der Waals surface area contributed by atoms with Crippen LogP contribution in [-0.4, -0.2) is 16.7 Å². The zero-order valence-corrected chi connectivity index (χ0v) is 6.46. The molecule has 0 aliphatic rings. The van der Waals surface area contributed by atoms with Gasteiger partial charge in [-0.25, -0.2) is 4.79 Å². The van der Waals surface area contributed by atoms with Gasteiger partial charge < -0.3 is 5.11 Å². The van der Waals surface area contributed by atoms with Gasteiger partial charge in [-0.15, -0.1) is 0 Å². The molecule has 58 valence electrons. The van der Waals surface area contributed by atoms with Crippen LogP contribution in [0.5, 0.6) is 0 Å². The van der Waals surface area contributed by atoms with Gasteiger partial charge in [0.1, 0.15) is 0 Å². The molecule has 0 unspecified atom stereocenters. The normalized spacial score (nSPS) is 12.3. The van der Waals surface area contributed by atoms with Crippen molar-refractivity contribution in [3.8, 4) is 0 Å². The van der Waals surface area contributed by atoms with Gasteiger partial charge in [0.15, 0.2) is 0 Å². The quantitative estimate of drug-likeness (QED) is 0.604. The molecule has 0 rings (SSSR count). The van der Waals surface area contributed by atoms with E-state index in [1.54, 1.807) is 0 Å². The van der Waals surface area contributed by atoms with Crippen molar-refractivity contribution in [2.75, 3.05) is 0 Å². The second-order valence-corrected chi connectivity index (χ2v) is 2.65. The van der Waals surface area contributed by atoms with Gasteiger partial charge in [-0.05, 0) is 20.3 Å². The molecule has 0 saturated heterocycles. The molecule has 10 heavy (non-hydrogen) atoms. The van der Waals surface area contributed by atoms with E-state index in [1.165, 1.54) is 0 Å². The fourth-order valence-electron chi connectivity index (χ4n) is 0.249. The molecule has 0 aliphatic carbocycles. The topological polar surface area (TPSA) is 62.0 Å². The van der Waals surface area contributed by atoms with E-state index >= 15 is 0 Å². The zero-order chi connectivity index (χ0) is 8.20. The summed E-state index contributed by atoms with van der Waals surface area (Å²) in [5.74, 6) is 0. The van der Waals surface area contributed by atoms with Crippen LogP contribution in [0.25, 0.3) is 0 Å². The van der Waals surface area contributed by atoms with Gasteiger partial charge in [-0.2, -0.15) is 5.11 Å². The fourth-order valence-corrected chi connectivity index (χ4v) is 0.249. The van der Waals surface area contributed by atoms with Gasteiger partial charge in [0.2, 0.25) is 0 Å². The van der Waals surface area contributed by atoms with E-state index in [1.807, 2.05) is 20.8 Å². The minimum absolute atomic E-state index is 0.349.